The minimum absolute atomic E-state index is 0.387. The van der Waals surface area contributed by atoms with Crippen molar-refractivity contribution >= 4 is 0 Å². The Hall–Kier alpha value is -0.300. The van der Waals surface area contributed by atoms with Crippen molar-refractivity contribution in [2.45, 2.75) is 65.4 Å². The Labute approximate surface area is 99.9 Å². The van der Waals surface area contributed by atoms with E-state index in [2.05, 4.69) is 19.9 Å². The van der Waals surface area contributed by atoms with E-state index in [0.717, 1.165) is 5.92 Å². The Kier molecular flexibility index (Phi) is 2.94. The standard InChI is InChI=1S/C15H26O/c1-11-7-9-15(10-8-11)12(2)5-6-13(15)14(3,4)16/h7,12-13,16H,5-6,8-10H2,1-4H3/t12-,13+,15-/m1/s1. The highest BCUT2D eigenvalue weighted by atomic mass is 16.3. The van der Waals surface area contributed by atoms with Gasteiger partial charge in [-0.3, -0.25) is 0 Å². The summed E-state index contributed by atoms with van der Waals surface area (Å²) in [5.74, 6) is 1.26. The summed E-state index contributed by atoms with van der Waals surface area (Å²) in [4.78, 5) is 0. The molecular weight excluding hydrogens is 196 g/mol. The normalized spacial score (nSPS) is 40.2. The van der Waals surface area contributed by atoms with E-state index in [4.69, 9.17) is 0 Å². The molecule has 0 aromatic heterocycles. The fraction of sp³-hybridized carbons (Fsp3) is 0.867. The van der Waals surface area contributed by atoms with Gasteiger partial charge in [-0.05, 0) is 70.1 Å². The van der Waals surface area contributed by atoms with Gasteiger partial charge >= 0.3 is 0 Å². The van der Waals surface area contributed by atoms with Crippen molar-refractivity contribution in [3.8, 4) is 0 Å². The SMILES string of the molecule is CC1=CC[C@@]2(CC1)[C@H](C)CC[C@H]2C(C)(C)O. The van der Waals surface area contributed by atoms with Crippen molar-refractivity contribution in [1.29, 1.82) is 0 Å². The highest BCUT2D eigenvalue weighted by molar-refractivity contribution is 5.13. The van der Waals surface area contributed by atoms with Crippen molar-refractivity contribution in [2.75, 3.05) is 0 Å². The zero-order chi connectivity index (χ0) is 12.0. The lowest BCUT2D eigenvalue weighted by atomic mass is 9.60. The second-order valence-corrected chi connectivity index (χ2v) is 6.67. The molecule has 0 amide bonds. The predicted molar refractivity (Wildman–Crippen MR) is 68.2 cm³/mol. The molecule has 0 heterocycles. The number of hydrogen-bond acceptors (Lipinski definition) is 1. The average molecular weight is 222 g/mol. The molecule has 0 aromatic carbocycles. The molecular formula is C15H26O. The summed E-state index contributed by atoms with van der Waals surface area (Å²) in [6, 6.07) is 0. The molecule has 1 N–H and O–H groups in total. The Bertz CT molecular complexity index is 297. The second kappa shape index (κ2) is 3.87. The highest BCUT2D eigenvalue weighted by Crippen LogP contribution is 2.58. The third-order valence-electron chi connectivity index (χ3n) is 5.23. The van der Waals surface area contributed by atoms with Crippen molar-refractivity contribution in [2.24, 2.45) is 17.3 Å². The first-order valence-electron chi connectivity index (χ1n) is 6.74. The largest absolute Gasteiger partial charge is 0.390 e. The zero-order valence-corrected chi connectivity index (χ0v) is 11.2. The van der Waals surface area contributed by atoms with Gasteiger partial charge in [0.1, 0.15) is 0 Å². The molecule has 1 saturated carbocycles. The monoisotopic (exact) mass is 222 g/mol. The molecule has 1 spiro atoms. The van der Waals surface area contributed by atoms with Crippen LogP contribution < -0.4 is 0 Å². The number of rotatable bonds is 1. The van der Waals surface area contributed by atoms with Crippen LogP contribution in [0.4, 0.5) is 0 Å². The van der Waals surface area contributed by atoms with Crippen LogP contribution in [0.25, 0.3) is 0 Å². The fourth-order valence-corrected chi connectivity index (χ4v) is 4.15. The third kappa shape index (κ3) is 1.84. The first-order chi connectivity index (χ1) is 7.36. The van der Waals surface area contributed by atoms with Crippen molar-refractivity contribution in [3.05, 3.63) is 11.6 Å². The molecule has 0 radical (unpaired) electrons. The van der Waals surface area contributed by atoms with Gasteiger partial charge in [0, 0.05) is 0 Å². The first-order valence-corrected chi connectivity index (χ1v) is 6.74. The third-order valence-corrected chi connectivity index (χ3v) is 5.23. The molecule has 2 aliphatic carbocycles. The lowest BCUT2D eigenvalue weighted by Gasteiger charge is -2.46. The van der Waals surface area contributed by atoms with Gasteiger partial charge in [-0.15, -0.1) is 0 Å². The van der Waals surface area contributed by atoms with Crippen LogP contribution in [0.2, 0.25) is 0 Å². The van der Waals surface area contributed by atoms with E-state index in [1.165, 1.54) is 32.1 Å². The van der Waals surface area contributed by atoms with E-state index < -0.39 is 5.60 Å². The van der Waals surface area contributed by atoms with Gasteiger partial charge in [0.25, 0.3) is 0 Å². The minimum atomic E-state index is -0.510. The van der Waals surface area contributed by atoms with Crippen molar-refractivity contribution < 1.29 is 5.11 Å². The van der Waals surface area contributed by atoms with E-state index in [9.17, 15) is 5.11 Å². The molecule has 1 nitrogen and oxygen atoms in total. The molecule has 1 heteroatoms. The van der Waals surface area contributed by atoms with Crippen LogP contribution in [0.5, 0.6) is 0 Å². The molecule has 2 rings (SSSR count). The van der Waals surface area contributed by atoms with Crippen LogP contribution in [0.15, 0.2) is 11.6 Å². The van der Waals surface area contributed by atoms with Crippen LogP contribution in [-0.4, -0.2) is 10.7 Å². The minimum Gasteiger partial charge on any atom is -0.390 e. The van der Waals surface area contributed by atoms with Crippen LogP contribution >= 0.6 is 0 Å². The highest BCUT2D eigenvalue weighted by Gasteiger charge is 2.52. The Morgan fingerprint density at radius 2 is 2.06 bits per heavy atom. The number of aliphatic hydroxyl groups is 1. The predicted octanol–water partition coefficient (Wildman–Crippen LogP) is 3.92. The molecule has 0 saturated heterocycles. The second-order valence-electron chi connectivity index (χ2n) is 6.67. The molecule has 92 valence electrons. The average Bonchev–Trinajstić information content (AvgIpc) is 2.49. The van der Waals surface area contributed by atoms with Gasteiger partial charge in [0.15, 0.2) is 0 Å². The van der Waals surface area contributed by atoms with Crippen LogP contribution in [0.1, 0.15) is 59.8 Å². The van der Waals surface area contributed by atoms with Gasteiger partial charge in [-0.25, -0.2) is 0 Å². The summed E-state index contributed by atoms with van der Waals surface area (Å²) in [7, 11) is 0. The van der Waals surface area contributed by atoms with E-state index in [0.29, 0.717) is 11.3 Å². The smallest absolute Gasteiger partial charge is 0.0625 e. The molecule has 2 aliphatic rings. The van der Waals surface area contributed by atoms with Gasteiger partial charge in [0.2, 0.25) is 0 Å². The van der Waals surface area contributed by atoms with Crippen LogP contribution in [-0.2, 0) is 0 Å². The van der Waals surface area contributed by atoms with Crippen LogP contribution in [0.3, 0.4) is 0 Å². The summed E-state index contributed by atoms with van der Waals surface area (Å²) in [6.45, 7) is 8.64. The maximum atomic E-state index is 10.4. The molecule has 16 heavy (non-hydrogen) atoms. The summed E-state index contributed by atoms with van der Waals surface area (Å²) in [5.41, 5.74) is 1.42. The van der Waals surface area contributed by atoms with Crippen molar-refractivity contribution in [1.82, 2.24) is 0 Å². The molecule has 0 aromatic rings. The molecule has 0 unspecified atom stereocenters. The Morgan fingerprint density at radius 1 is 1.38 bits per heavy atom. The Morgan fingerprint density at radius 3 is 2.56 bits per heavy atom. The molecule has 1 fully saturated rings. The molecule has 3 atom stereocenters. The summed E-state index contributed by atoms with van der Waals surface area (Å²) in [6.07, 6.45) is 8.62. The van der Waals surface area contributed by atoms with Gasteiger partial charge < -0.3 is 5.11 Å². The topological polar surface area (TPSA) is 20.2 Å². The van der Waals surface area contributed by atoms with Gasteiger partial charge in [-0.2, -0.15) is 0 Å². The number of allylic oxidation sites excluding steroid dienone is 2. The lowest BCUT2D eigenvalue weighted by molar-refractivity contribution is -0.0507. The summed E-state index contributed by atoms with van der Waals surface area (Å²) >= 11 is 0. The maximum Gasteiger partial charge on any atom is 0.0625 e. The number of hydrogen-bond donors (Lipinski definition) is 1. The van der Waals surface area contributed by atoms with Crippen LogP contribution in [0, 0.1) is 17.3 Å². The Balaban J connectivity index is 2.29. The first kappa shape index (κ1) is 12.2. The van der Waals surface area contributed by atoms with E-state index in [1.807, 2.05) is 13.8 Å². The summed E-state index contributed by atoms with van der Waals surface area (Å²) < 4.78 is 0. The van der Waals surface area contributed by atoms with Gasteiger partial charge in [-0.1, -0.05) is 18.6 Å². The van der Waals surface area contributed by atoms with Crippen molar-refractivity contribution in [3.63, 3.8) is 0 Å². The molecule has 0 bridgehead atoms. The molecule has 0 aliphatic heterocycles. The maximum absolute atomic E-state index is 10.4. The van der Waals surface area contributed by atoms with E-state index in [1.54, 1.807) is 5.57 Å². The van der Waals surface area contributed by atoms with E-state index in [-0.39, 0.29) is 0 Å². The quantitative estimate of drug-likeness (QED) is 0.667. The zero-order valence-electron chi connectivity index (χ0n) is 11.2. The lowest BCUT2D eigenvalue weighted by Crippen LogP contribution is -2.43. The van der Waals surface area contributed by atoms with E-state index >= 15 is 0 Å². The van der Waals surface area contributed by atoms with Gasteiger partial charge in [0.05, 0.1) is 5.60 Å². The fourth-order valence-electron chi connectivity index (χ4n) is 4.15. The summed E-state index contributed by atoms with van der Waals surface area (Å²) in [5, 5.41) is 10.4.